The first-order chi connectivity index (χ1) is 14.6. The molecule has 1 aromatic heterocycles. The molecule has 5 nitrogen and oxygen atoms in total. The van der Waals surface area contributed by atoms with Gasteiger partial charge in [-0.1, -0.05) is 61.2 Å². The lowest BCUT2D eigenvalue weighted by molar-refractivity contribution is -0.119. The van der Waals surface area contributed by atoms with Gasteiger partial charge in [0.2, 0.25) is 5.91 Å². The molecule has 3 aromatic rings. The Hall–Kier alpha value is -2.31. The van der Waals surface area contributed by atoms with Crippen LogP contribution >= 0.6 is 23.4 Å². The number of aromatic nitrogens is 2. The molecule has 1 fully saturated rings. The molecule has 0 saturated heterocycles. The second kappa shape index (κ2) is 9.67. The lowest BCUT2D eigenvalue weighted by Crippen LogP contribution is -2.35. The number of nitrogens with zero attached hydrogens (tertiary/aromatic N) is 2. The molecule has 0 aliphatic heterocycles. The molecule has 1 aliphatic carbocycles. The third kappa shape index (κ3) is 4.87. The molecular weight excluding hydrogens is 418 g/mol. The molecule has 2 aromatic carbocycles. The van der Waals surface area contributed by atoms with Gasteiger partial charge in [0.25, 0.3) is 5.56 Å². The number of rotatable bonds is 5. The summed E-state index contributed by atoms with van der Waals surface area (Å²) in [4.78, 5) is 30.5. The number of hydrogen-bond acceptors (Lipinski definition) is 4. The number of hydrogen-bond donors (Lipinski definition) is 1. The fourth-order valence-corrected chi connectivity index (χ4v) is 4.80. The van der Waals surface area contributed by atoms with Crippen LogP contribution in [0, 0.1) is 0 Å². The van der Waals surface area contributed by atoms with Crippen molar-refractivity contribution in [2.45, 2.75) is 49.7 Å². The number of fused-ring (bicyclic) bond motifs is 1. The fraction of sp³-hybridized carbons (Fsp3) is 0.348. The Morgan fingerprint density at radius 3 is 2.50 bits per heavy atom. The maximum absolute atomic E-state index is 13.2. The van der Waals surface area contributed by atoms with Crippen LogP contribution in [0.2, 0.25) is 5.02 Å². The van der Waals surface area contributed by atoms with E-state index in [-0.39, 0.29) is 23.3 Å². The van der Waals surface area contributed by atoms with E-state index >= 15 is 0 Å². The van der Waals surface area contributed by atoms with Gasteiger partial charge in [0, 0.05) is 11.1 Å². The van der Waals surface area contributed by atoms with Crippen LogP contribution in [0.1, 0.15) is 38.5 Å². The second-order valence-electron chi connectivity index (χ2n) is 7.57. The summed E-state index contributed by atoms with van der Waals surface area (Å²) in [5.41, 5.74) is 1.14. The number of nitrogens with one attached hydrogen (secondary N) is 1. The van der Waals surface area contributed by atoms with Crippen LogP contribution in [-0.4, -0.2) is 27.3 Å². The number of thioether (sulfide) groups is 1. The topological polar surface area (TPSA) is 64.0 Å². The normalized spacial score (nSPS) is 15.1. The predicted octanol–water partition coefficient (Wildman–Crippen LogP) is 4.97. The number of carbonyl (C=O) groups excluding carboxylic acids is 1. The Balaban J connectivity index is 1.60. The standard InChI is InChI=1S/C23H24ClN3O2S/c24-16-11-13-18(14-12-16)27-22(29)19-9-5-6-10-20(19)26-23(27)30-15-21(28)25-17-7-3-1-2-4-8-17/h5-6,9-14,17H,1-4,7-8,15H2,(H,25,28). The van der Waals surface area contributed by atoms with Gasteiger partial charge in [0.1, 0.15) is 0 Å². The first-order valence-corrected chi connectivity index (χ1v) is 11.7. The average molecular weight is 442 g/mol. The van der Waals surface area contributed by atoms with Crippen molar-refractivity contribution in [3.63, 3.8) is 0 Å². The van der Waals surface area contributed by atoms with Crippen LogP contribution < -0.4 is 10.9 Å². The molecule has 30 heavy (non-hydrogen) atoms. The third-order valence-electron chi connectivity index (χ3n) is 5.38. The number of halogens is 1. The minimum absolute atomic E-state index is 0.0167. The highest BCUT2D eigenvalue weighted by atomic mass is 35.5. The Morgan fingerprint density at radius 2 is 1.77 bits per heavy atom. The summed E-state index contributed by atoms with van der Waals surface area (Å²) in [5, 5.41) is 4.79. The first-order valence-electron chi connectivity index (χ1n) is 10.3. The summed E-state index contributed by atoms with van der Waals surface area (Å²) in [6.45, 7) is 0. The smallest absolute Gasteiger partial charge is 0.266 e. The van der Waals surface area contributed by atoms with Gasteiger partial charge in [-0.15, -0.1) is 0 Å². The monoisotopic (exact) mass is 441 g/mol. The van der Waals surface area contributed by atoms with Gasteiger partial charge in [0.05, 0.1) is 22.3 Å². The summed E-state index contributed by atoms with van der Waals surface area (Å²) < 4.78 is 1.56. The van der Waals surface area contributed by atoms with E-state index in [1.165, 1.54) is 37.4 Å². The molecule has 7 heteroatoms. The van der Waals surface area contributed by atoms with Crippen LogP contribution in [0.5, 0.6) is 0 Å². The lowest BCUT2D eigenvalue weighted by Gasteiger charge is -2.17. The molecule has 0 radical (unpaired) electrons. The number of para-hydroxylation sites is 1. The number of carbonyl (C=O) groups is 1. The van der Waals surface area contributed by atoms with Gasteiger partial charge in [0.15, 0.2) is 5.16 Å². The van der Waals surface area contributed by atoms with Gasteiger partial charge in [-0.2, -0.15) is 0 Å². The summed E-state index contributed by atoms with van der Waals surface area (Å²) in [6.07, 6.45) is 6.91. The van der Waals surface area contributed by atoms with Gasteiger partial charge < -0.3 is 5.32 Å². The van der Waals surface area contributed by atoms with Gasteiger partial charge in [-0.25, -0.2) is 4.98 Å². The van der Waals surface area contributed by atoms with E-state index in [4.69, 9.17) is 11.6 Å². The quantitative estimate of drug-likeness (QED) is 0.345. The first kappa shape index (κ1) is 20.9. The lowest BCUT2D eigenvalue weighted by atomic mass is 10.1. The summed E-state index contributed by atoms with van der Waals surface area (Å²) in [7, 11) is 0. The largest absolute Gasteiger partial charge is 0.353 e. The zero-order valence-corrected chi connectivity index (χ0v) is 18.2. The zero-order valence-electron chi connectivity index (χ0n) is 16.6. The van der Waals surface area contributed by atoms with Crippen LogP contribution in [0.25, 0.3) is 16.6 Å². The molecule has 1 amide bonds. The summed E-state index contributed by atoms with van der Waals surface area (Å²) in [6, 6.07) is 14.6. The molecule has 156 valence electrons. The Bertz CT molecular complexity index is 1090. The van der Waals surface area contributed by atoms with E-state index in [2.05, 4.69) is 10.3 Å². The fourth-order valence-electron chi connectivity index (χ4n) is 3.85. The molecular formula is C23H24ClN3O2S. The van der Waals surface area contributed by atoms with Crippen molar-refractivity contribution in [2.24, 2.45) is 0 Å². The van der Waals surface area contributed by atoms with Gasteiger partial charge in [-0.3, -0.25) is 14.2 Å². The molecule has 1 heterocycles. The molecule has 1 aliphatic rings. The molecule has 4 rings (SSSR count). The van der Waals surface area contributed by atoms with E-state index in [0.29, 0.717) is 26.8 Å². The van der Waals surface area contributed by atoms with Gasteiger partial charge in [-0.05, 0) is 49.2 Å². The van der Waals surface area contributed by atoms with Crippen molar-refractivity contribution >= 4 is 40.2 Å². The Kier molecular flexibility index (Phi) is 6.75. The van der Waals surface area contributed by atoms with E-state index in [0.717, 1.165) is 12.8 Å². The number of benzene rings is 2. The second-order valence-corrected chi connectivity index (χ2v) is 8.95. The summed E-state index contributed by atoms with van der Waals surface area (Å²) in [5.74, 6) is 0.200. The number of amides is 1. The zero-order chi connectivity index (χ0) is 20.9. The highest BCUT2D eigenvalue weighted by molar-refractivity contribution is 7.99. The van der Waals surface area contributed by atoms with E-state index < -0.39 is 0 Å². The molecule has 1 saturated carbocycles. The summed E-state index contributed by atoms with van der Waals surface area (Å²) >= 11 is 7.30. The molecule has 0 unspecified atom stereocenters. The van der Waals surface area contributed by atoms with Crippen LogP contribution in [0.4, 0.5) is 0 Å². The Labute approximate surface area is 184 Å². The molecule has 0 spiro atoms. The molecule has 1 N–H and O–H groups in total. The van der Waals surface area contributed by atoms with Crippen molar-refractivity contribution < 1.29 is 4.79 Å². The maximum Gasteiger partial charge on any atom is 0.266 e. The van der Waals surface area contributed by atoms with Crippen LogP contribution in [0.3, 0.4) is 0 Å². The van der Waals surface area contributed by atoms with Crippen LogP contribution in [-0.2, 0) is 4.79 Å². The maximum atomic E-state index is 13.2. The predicted molar refractivity (Wildman–Crippen MR) is 123 cm³/mol. The van der Waals surface area contributed by atoms with Crippen molar-refractivity contribution in [1.82, 2.24) is 14.9 Å². The van der Waals surface area contributed by atoms with Crippen molar-refractivity contribution in [3.8, 4) is 5.69 Å². The SMILES string of the molecule is O=C(CSc1nc2ccccc2c(=O)n1-c1ccc(Cl)cc1)NC1CCCCCC1. The van der Waals surface area contributed by atoms with Gasteiger partial charge >= 0.3 is 0 Å². The third-order valence-corrected chi connectivity index (χ3v) is 6.57. The van der Waals surface area contributed by atoms with E-state index in [1.54, 1.807) is 34.9 Å². The molecule has 0 atom stereocenters. The van der Waals surface area contributed by atoms with Crippen molar-refractivity contribution in [2.75, 3.05) is 5.75 Å². The average Bonchev–Trinajstić information content (AvgIpc) is 3.02. The minimum atomic E-state index is -0.158. The highest BCUT2D eigenvalue weighted by Gasteiger charge is 2.17. The van der Waals surface area contributed by atoms with E-state index in [9.17, 15) is 9.59 Å². The van der Waals surface area contributed by atoms with E-state index in [1.807, 2.05) is 18.2 Å². The van der Waals surface area contributed by atoms with Crippen molar-refractivity contribution in [1.29, 1.82) is 0 Å². The Morgan fingerprint density at radius 1 is 1.07 bits per heavy atom. The molecule has 0 bridgehead atoms. The minimum Gasteiger partial charge on any atom is -0.353 e. The highest BCUT2D eigenvalue weighted by Crippen LogP contribution is 2.23. The van der Waals surface area contributed by atoms with Crippen LogP contribution in [0.15, 0.2) is 58.5 Å². The van der Waals surface area contributed by atoms with Crippen molar-refractivity contribution in [3.05, 3.63) is 63.9 Å².